The minimum Gasteiger partial charge on any atom is -0.341 e. The number of alkyl halides is 2. The first-order chi connectivity index (χ1) is 6.63. The lowest BCUT2D eigenvalue weighted by Crippen LogP contribution is -2.24. The molecule has 1 aromatic rings. The van der Waals surface area contributed by atoms with Gasteiger partial charge in [-0.05, 0) is 12.1 Å². The highest BCUT2D eigenvalue weighted by atomic mass is 19.3. The summed E-state index contributed by atoms with van der Waals surface area (Å²) in [5, 5.41) is 4.73. The second-order valence-corrected chi connectivity index (χ2v) is 2.63. The molecule has 0 unspecified atom stereocenters. The first-order valence-corrected chi connectivity index (χ1v) is 4.00. The molecule has 0 aromatic heterocycles. The van der Waals surface area contributed by atoms with E-state index in [9.17, 15) is 13.6 Å². The molecule has 0 atom stereocenters. The lowest BCUT2D eigenvalue weighted by atomic mass is 10.2. The summed E-state index contributed by atoms with van der Waals surface area (Å²) in [6, 6.07) is 5.12. The Morgan fingerprint density at radius 3 is 2.71 bits per heavy atom. The number of carbonyl (C=O) groups is 1. The molecule has 0 aliphatic heterocycles. The molecule has 0 aliphatic carbocycles. The molecule has 0 heterocycles. The molecule has 2 N–H and O–H groups in total. The van der Waals surface area contributed by atoms with Gasteiger partial charge in [0.1, 0.15) is 0 Å². The Morgan fingerprint density at radius 2 is 2.14 bits per heavy atom. The number of anilines is 1. The molecule has 0 radical (unpaired) electrons. The summed E-state index contributed by atoms with van der Waals surface area (Å²) in [4.78, 5) is 10.9. The van der Waals surface area contributed by atoms with Gasteiger partial charge in [-0.1, -0.05) is 12.1 Å². The third kappa shape index (κ3) is 2.69. The summed E-state index contributed by atoms with van der Waals surface area (Å²) in [5.41, 5.74) is 0.237. The van der Waals surface area contributed by atoms with Crippen molar-refractivity contribution in [1.29, 1.82) is 0 Å². The van der Waals surface area contributed by atoms with Crippen molar-refractivity contribution in [1.82, 2.24) is 5.32 Å². The number of hydrogen-bond acceptors (Lipinski definition) is 1. The predicted octanol–water partition coefficient (Wildman–Crippen LogP) is 2.38. The van der Waals surface area contributed by atoms with Crippen LogP contribution < -0.4 is 10.6 Å². The average molecular weight is 200 g/mol. The van der Waals surface area contributed by atoms with Gasteiger partial charge in [0.25, 0.3) is 6.43 Å². The second kappa shape index (κ2) is 4.55. The summed E-state index contributed by atoms with van der Waals surface area (Å²) >= 11 is 0. The molecule has 5 heteroatoms. The largest absolute Gasteiger partial charge is 0.341 e. The third-order valence-electron chi connectivity index (χ3n) is 1.62. The molecule has 0 aliphatic rings. The summed E-state index contributed by atoms with van der Waals surface area (Å²) in [6.07, 6.45) is -2.53. The molecule has 0 saturated carbocycles. The minimum atomic E-state index is -2.53. The standard InChI is InChI=1S/C9H10F2N2O/c1-12-9(14)13-7-4-2-3-6(5-7)8(10)11/h2-5,8H,1H3,(H2,12,13,14). The van der Waals surface area contributed by atoms with Crippen LogP contribution in [0.2, 0.25) is 0 Å². The lowest BCUT2D eigenvalue weighted by Gasteiger charge is -2.05. The highest BCUT2D eigenvalue weighted by Crippen LogP contribution is 2.21. The molecule has 1 rings (SSSR count). The Labute approximate surface area is 80.1 Å². The summed E-state index contributed by atoms with van der Waals surface area (Å²) in [6.45, 7) is 0. The van der Waals surface area contributed by atoms with Crippen molar-refractivity contribution in [3.8, 4) is 0 Å². The fourth-order valence-corrected chi connectivity index (χ4v) is 0.946. The number of rotatable bonds is 2. The lowest BCUT2D eigenvalue weighted by molar-refractivity contribution is 0.151. The number of hydrogen-bond donors (Lipinski definition) is 2. The van der Waals surface area contributed by atoms with Crippen LogP contribution in [0.15, 0.2) is 24.3 Å². The van der Waals surface area contributed by atoms with E-state index in [0.29, 0.717) is 5.69 Å². The first-order valence-electron chi connectivity index (χ1n) is 4.00. The van der Waals surface area contributed by atoms with E-state index in [1.165, 1.54) is 25.2 Å². The molecule has 0 saturated heterocycles. The van der Waals surface area contributed by atoms with E-state index in [4.69, 9.17) is 0 Å². The van der Waals surface area contributed by atoms with Crippen molar-refractivity contribution in [2.24, 2.45) is 0 Å². The van der Waals surface area contributed by atoms with E-state index >= 15 is 0 Å². The Bertz CT molecular complexity index is 328. The maximum absolute atomic E-state index is 12.2. The monoisotopic (exact) mass is 200 g/mol. The van der Waals surface area contributed by atoms with Crippen LogP contribution >= 0.6 is 0 Å². The third-order valence-corrected chi connectivity index (χ3v) is 1.62. The Morgan fingerprint density at radius 1 is 1.43 bits per heavy atom. The Balaban J connectivity index is 2.78. The predicted molar refractivity (Wildman–Crippen MR) is 49.5 cm³/mol. The van der Waals surface area contributed by atoms with Crippen molar-refractivity contribution in [2.75, 3.05) is 12.4 Å². The number of halogens is 2. The van der Waals surface area contributed by atoms with Gasteiger partial charge in [-0.2, -0.15) is 0 Å². The van der Waals surface area contributed by atoms with Crippen molar-refractivity contribution >= 4 is 11.7 Å². The van der Waals surface area contributed by atoms with Gasteiger partial charge >= 0.3 is 6.03 Å². The van der Waals surface area contributed by atoms with Gasteiger partial charge in [0.05, 0.1) is 0 Å². The van der Waals surface area contributed by atoms with Crippen LogP contribution in [0, 0.1) is 0 Å². The van der Waals surface area contributed by atoms with Crippen LogP contribution in [0.25, 0.3) is 0 Å². The van der Waals surface area contributed by atoms with E-state index in [2.05, 4.69) is 10.6 Å². The van der Waals surface area contributed by atoms with Crippen molar-refractivity contribution in [2.45, 2.75) is 6.43 Å². The zero-order valence-corrected chi connectivity index (χ0v) is 7.55. The SMILES string of the molecule is CNC(=O)Nc1cccc(C(F)F)c1. The van der Waals surface area contributed by atoms with Gasteiger partial charge in [0.2, 0.25) is 0 Å². The molecule has 0 fully saturated rings. The van der Waals surface area contributed by atoms with Gasteiger partial charge in [-0.25, -0.2) is 13.6 Å². The second-order valence-electron chi connectivity index (χ2n) is 2.63. The molecule has 3 nitrogen and oxygen atoms in total. The zero-order chi connectivity index (χ0) is 10.6. The maximum atomic E-state index is 12.2. The fraction of sp³-hybridized carbons (Fsp3) is 0.222. The zero-order valence-electron chi connectivity index (χ0n) is 7.55. The molecule has 1 aromatic carbocycles. The van der Waals surface area contributed by atoms with Crippen molar-refractivity contribution < 1.29 is 13.6 Å². The summed E-state index contributed by atoms with van der Waals surface area (Å²) in [5.74, 6) is 0. The average Bonchev–Trinajstić information content (AvgIpc) is 2.18. The van der Waals surface area contributed by atoms with Crippen LogP contribution in [0.3, 0.4) is 0 Å². The Hall–Kier alpha value is -1.65. The molecule has 2 amide bonds. The molecular formula is C9H10F2N2O. The number of nitrogens with one attached hydrogen (secondary N) is 2. The molecule has 0 bridgehead atoms. The maximum Gasteiger partial charge on any atom is 0.318 e. The van der Waals surface area contributed by atoms with E-state index < -0.39 is 12.5 Å². The minimum absolute atomic E-state index is 0.112. The number of benzene rings is 1. The quantitative estimate of drug-likeness (QED) is 0.756. The van der Waals surface area contributed by atoms with Gasteiger partial charge in [-0.15, -0.1) is 0 Å². The van der Waals surface area contributed by atoms with Crippen LogP contribution in [0.4, 0.5) is 19.3 Å². The highest BCUT2D eigenvalue weighted by molar-refractivity contribution is 5.89. The van der Waals surface area contributed by atoms with Crippen LogP contribution in [-0.2, 0) is 0 Å². The smallest absolute Gasteiger partial charge is 0.318 e. The van der Waals surface area contributed by atoms with Crippen molar-refractivity contribution in [3.05, 3.63) is 29.8 Å². The van der Waals surface area contributed by atoms with Gasteiger partial charge in [0, 0.05) is 18.3 Å². The van der Waals surface area contributed by atoms with Gasteiger partial charge in [0.15, 0.2) is 0 Å². The fourth-order valence-electron chi connectivity index (χ4n) is 0.946. The first kappa shape index (κ1) is 10.4. The summed E-state index contributed by atoms with van der Waals surface area (Å²) in [7, 11) is 1.45. The highest BCUT2D eigenvalue weighted by Gasteiger charge is 2.07. The molecule has 76 valence electrons. The normalized spacial score (nSPS) is 10.0. The molecule has 0 spiro atoms. The Kier molecular flexibility index (Phi) is 3.39. The molecular weight excluding hydrogens is 190 g/mol. The van der Waals surface area contributed by atoms with E-state index in [-0.39, 0.29) is 5.56 Å². The van der Waals surface area contributed by atoms with Crippen molar-refractivity contribution in [3.63, 3.8) is 0 Å². The number of urea groups is 1. The van der Waals surface area contributed by atoms with Crippen LogP contribution in [-0.4, -0.2) is 13.1 Å². The topological polar surface area (TPSA) is 41.1 Å². The van der Waals surface area contributed by atoms with E-state index in [0.717, 1.165) is 0 Å². The summed E-state index contributed by atoms with van der Waals surface area (Å²) < 4.78 is 24.5. The van der Waals surface area contributed by atoms with E-state index in [1.807, 2.05) is 0 Å². The molecule has 14 heavy (non-hydrogen) atoms. The van der Waals surface area contributed by atoms with Gasteiger partial charge < -0.3 is 10.6 Å². The van der Waals surface area contributed by atoms with Crippen LogP contribution in [0.5, 0.6) is 0 Å². The number of amides is 2. The van der Waals surface area contributed by atoms with Crippen LogP contribution in [0.1, 0.15) is 12.0 Å². The number of carbonyl (C=O) groups excluding carboxylic acids is 1. The van der Waals surface area contributed by atoms with E-state index in [1.54, 1.807) is 6.07 Å². The van der Waals surface area contributed by atoms with Gasteiger partial charge in [-0.3, -0.25) is 0 Å².